The Kier molecular flexibility index (Phi) is 46.2. The van der Waals surface area contributed by atoms with E-state index in [-0.39, 0.29) is 203 Å². The number of carbonyl (C=O) groups is 10. The summed E-state index contributed by atoms with van der Waals surface area (Å²) < 4.78 is 44.0. The number of rotatable bonds is 29. The zero-order chi connectivity index (χ0) is 71.8. The van der Waals surface area contributed by atoms with Crippen LogP contribution >= 0.6 is 0 Å². The van der Waals surface area contributed by atoms with Crippen molar-refractivity contribution in [2.75, 3.05) is 0 Å². The summed E-state index contributed by atoms with van der Waals surface area (Å²) in [5.41, 5.74) is -0.343. The second kappa shape index (κ2) is 44.5. The van der Waals surface area contributed by atoms with Crippen LogP contribution in [-0.2, 0) is 85.8 Å². The summed E-state index contributed by atoms with van der Waals surface area (Å²) in [5, 5.41) is 172. The number of hydrazone groups is 2. The van der Waals surface area contributed by atoms with E-state index in [9.17, 15) is 119 Å². The van der Waals surface area contributed by atoms with Gasteiger partial charge in [0.05, 0.1) is 96.7 Å². The molecule has 4 fully saturated rings. The van der Waals surface area contributed by atoms with Crippen LogP contribution in [0.2, 0.25) is 0 Å². The summed E-state index contributed by atoms with van der Waals surface area (Å²) in [4.78, 5) is 127. The van der Waals surface area contributed by atoms with E-state index in [1.165, 1.54) is 83.1 Å². The van der Waals surface area contributed by atoms with Gasteiger partial charge in [0.15, 0.2) is 25.2 Å². The van der Waals surface area contributed by atoms with E-state index in [1.807, 2.05) is 10.9 Å². The van der Waals surface area contributed by atoms with Crippen LogP contribution in [0.4, 0.5) is 0 Å². The van der Waals surface area contributed by atoms with Gasteiger partial charge in [0.2, 0.25) is 11.8 Å². The molecule has 0 spiro atoms. The maximum absolute atomic E-state index is 13.1. The molecule has 0 aromatic heterocycles. The fourth-order valence-electron chi connectivity index (χ4n) is 11.7. The number of ether oxygens (including phenoxy) is 8. The minimum atomic E-state index is -2.75. The zero-order valence-electron chi connectivity index (χ0n) is 59.4. The number of hydrogen-bond acceptors (Lipinski definition) is 34. The van der Waals surface area contributed by atoms with E-state index in [1.54, 1.807) is 0 Å². The molecular formula is C58H84N4Na6O32. The molecule has 4 saturated heterocycles. The molecule has 0 radical (unpaired) electrons. The van der Waals surface area contributed by atoms with E-state index in [0.717, 1.165) is 0 Å². The van der Waals surface area contributed by atoms with Crippen LogP contribution in [0.15, 0.2) is 10.2 Å². The Labute approximate surface area is 708 Å². The second-order valence-corrected chi connectivity index (χ2v) is 27.7. The standard InChI is InChI=1S/C58H90N4O32.6Na/c1-55(2,3)29-33(69)37(73)53(93-43(29)51(83)84)89-23(19-63)39(47(75)76)87-21(27-31(67)35(71)45(57(7,8)9)91-41(27)49(79)80)17-59-61-25(65)15-13-14-16-26(66)62-60-18-22(28-32(68)36(72)46(58(10,11)12)92-42(28)50(81)82)88-40(48(77)78)24(20-64)90-54-38(74)34(70)30(56(4,5)6)44(94-54)52(85)86;;;;;;/h17-24,27-46,53-54,67-74H,13-16H2,1-12H3,(H,61,65)(H,62,66)(H,75,76)(H,77,78)(H,79,80)(H,81,82)(H,83,84)(H,85,86);;;;;;/q;6*+1/p-6/b59-17+,60-18+;;;;;;/t21?,22?,23?,24?,27-,28+,29-,30+,31-,32?,33-,34?,35-,36+,37?,38+,39?,40?,41?,42?,43?,44?,45?,46-,53+,54-;;;;;;/m0....../s1. The van der Waals surface area contributed by atoms with Crippen molar-refractivity contribution in [3.05, 3.63) is 0 Å². The molecule has 14 unspecified atom stereocenters. The van der Waals surface area contributed by atoms with E-state index in [2.05, 4.69) is 10.2 Å². The quantitative estimate of drug-likeness (QED) is 0.0109. The van der Waals surface area contributed by atoms with Crippen molar-refractivity contribution in [2.45, 2.75) is 243 Å². The van der Waals surface area contributed by atoms with Gasteiger partial charge in [-0.1, -0.05) is 83.1 Å². The Morgan fingerprint density at radius 1 is 0.420 bits per heavy atom. The summed E-state index contributed by atoms with van der Waals surface area (Å²) in [6.45, 7) is 17.9. The van der Waals surface area contributed by atoms with Crippen LogP contribution in [0, 0.1) is 45.3 Å². The second-order valence-electron chi connectivity index (χ2n) is 27.7. The molecule has 42 heteroatoms. The molecule has 0 aromatic carbocycles. The van der Waals surface area contributed by atoms with Crippen LogP contribution in [0.25, 0.3) is 0 Å². The van der Waals surface area contributed by atoms with Gasteiger partial charge in [0.25, 0.3) is 0 Å². The van der Waals surface area contributed by atoms with E-state index in [0.29, 0.717) is 12.4 Å². The molecule has 36 nitrogen and oxygen atoms in total. The Hall–Kier alpha value is -0.200. The molecule has 534 valence electrons. The SMILES string of the molecule is CC(C)(C)C1OC(C(=O)[O-])[C@@H](C(/C=N/NC(=O)CCCCC(=O)N/N=C/C(OC(C(=O)[O-])C(C=O)O[C@H]2OC(C(=O)[O-])[C@H](C(C)(C)C)C(O)[C@H]2O)[C@H]2C(C(=O)[O-])O[C@H](C(C)(C)C)[C@H](O)C2O)OC(C(=O)[O-])C(C=O)O[C@@H]2OC(C(=O)[O-])[C@@H](C(C)(C)C)[C@H](O)C2O)[C@H](O)[C@@H]1O.[Na+].[Na+].[Na+].[Na+].[Na+].[Na+]. The predicted octanol–water partition coefficient (Wildman–Crippen LogP) is -29.5. The van der Waals surface area contributed by atoms with Crippen molar-refractivity contribution in [1.82, 2.24) is 10.9 Å². The number of nitrogens with one attached hydrogen (secondary N) is 2. The van der Waals surface area contributed by atoms with Gasteiger partial charge in [-0.05, 0) is 34.5 Å². The molecule has 0 bridgehead atoms. The van der Waals surface area contributed by atoms with Crippen LogP contribution in [0.1, 0.15) is 109 Å². The van der Waals surface area contributed by atoms with E-state index < -0.39 is 240 Å². The van der Waals surface area contributed by atoms with Gasteiger partial charge >= 0.3 is 177 Å². The maximum atomic E-state index is 13.1. The number of aldehydes is 2. The van der Waals surface area contributed by atoms with E-state index in [4.69, 9.17) is 37.9 Å². The molecule has 4 heterocycles. The predicted molar refractivity (Wildman–Crippen MR) is 295 cm³/mol. The largest absolute Gasteiger partial charge is 1.00 e. The number of amides is 2. The van der Waals surface area contributed by atoms with Crippen molar-refractivity contribution in [3.63, 3.8) is 0 Å². The monoisotopic (exact) mass is 1490 g/mol. The third-order valence-electron chi connectivity index (χ3n) is 16.4. The molecular weight excluding hydrogens is 1400 g/mol. The molecule has 10 N–H and O–H groups in total. The van der Waals surface area contributed by atoms with Gasteiger partial charge in [-0.25, -0.2) is 10.9 Å². The summed E-state index contributed by atoms with van der Waals surface area (Å²) in [6.07, 6.45) is -48.7. The van der Waals surface area contributed by atoms with Gasteiger partial charge in [-0.2, -0.15) is 10.2 Å². The van der Waals surface area contributed by atoms with Crippen molar-refractivity contribution >= 4 is 72.6 Å². The fourth-order valence-corrected chi connectivity index (χ4v) is 11.7. The number of aliphatic hydroxyl groups is 8. The Balaban J connectivity index is -0.0000157. The zero-order valence-corrected chi connectivity index (χ0v) is 71.4. The summed E-state index contributed by atoms with van der Waals surface area (Å²) >= 11 is 0. The first-order valence-electron chi connectivity index (χ1n) is 29.7. The first-order valence-corrected chi connectivity index (χ1v) is 29.7. The molecule has 100 heavy (non-hydrogen) atoms. The Morgan fingerprint density at radius 2 is 0.700 bits per heavy atom. The molecule has 4 rings (SSSR count). The molecule has 4 aliphatic rings. The average Bonchev–Trinajstić information content (AvgIpc) is 0.784. The van der Waals surface area contributed by atoms with Crippen LogP contribution in [0.3, 0.4) is 0 Å². The number of aliphatic hydroxyl groups excluding tert-OH is 8. The first-order chi connectivity index (χ1) is 43.2. The molecule has 4 aliphatic heterocycles. The number of hydrogen-bond donors (Lipinski definition) is 10. The van der Waals surface area contributed by atoms with Gasteiger partial charge in [-0.15, -0.1) is 0 Å². The van der Waals surface area contributed by atoms with E-state index >= 15 is 0 Å². The number of aliphatic carboxylic acids is 6. The number of carbonyl (C=O) groups excluding carboxylic acids is 10. The minimum absolute atomic E-state index is 0. The molecule has 0 aliphatic carbocycles. The van der Waals surface area contributed by atoms with Crippen LogP contribution in [0.5, 0.6) is 0 Å². The van der Waals surface area contributed by atoms with Crippen LogP contribution in [-0.4, -0.2) is 248 Å². The summed E-state index contributed by atoms with van der Waals surface area (Å²) in [7, 11) is 0. The minimum Gasteiger partial charge on any atom is -0.547 e. The summed E-state index contributed by atoms with van der Waals surface area (Å²) in [5.74, 6) is -21.5. The Bertz CT molecular complexity index is 2580. The van der Waals surface area contributed by atoms with Crippen molar-refractivity contribution in [2.24, 2.45) is 55.5 Å². The van der Waals surface area contributed by atoms with Gasteiger partial charge in [0, 0.05) is 24.7 Å². The fraction of sp³-hybridized carbons (Fsp3) is 0.793. The smallest absolute Gasteiger partial charge is 0.547 e. The summed E-state index contributed by atoms with van der Waals surface area (Å²) in [6, 6.07) is 0. The van der Waals surface area contributed by atoms with Gasteiger partial charge in [0.1, 0.15) is 85.5 Å². The molecule has 0 aromatic rings. The maximum Gasteiger partial charge on any atom is 1.00 e. The molecule has 0 saturated carbocycles. The number of nitrogens with zero attached hydrogens (tertiary/aromatic N) is 2. The van der Waals surface area contributed by atoms with Crippen molar-refractivity contribution in [3.8, 4) is 0 Å². The Morgan fingerprint density at radius 3 is 0.930 bits per heavy atom. The van der Waals surface area contributed by atoms with Crippen molar-refractivity contribution in [1.29, 1.82) is 0 Å². The third-order valence-corrected chi connectivity index (χ3v) is 16.4. The number of unbranched alkanes of at least 4 members (excludes halogenated alkanes) is 1. The van der Waals surface area contributed by atoms with Gasteiger partial charge < -0.3 is 148 Å². The molecule has 2 amide bonds. The van der Waals surface area contributed by atoms with Crippen LogP contribution < -0.4 is 219 Å². The molecule has 26 atom stereocenters. The van der Waals surface area contributed by atoms with Gasteiger partial charge in [-0.3, -0.25) is 9.59 Å². The average molecular weight is 1490 g/mol. The van der Waals surface area contributed by atoms with Crippen molar-refractivity contribution < 1.29 is 335 Å². The number of carboxylic acid groups (broad SMARTS) is 6. The number of carboxylic acids is 6. The first kappa shape index (κ1) is 104. The third kappa shape index (κ3) is 27.4. The normalized spacial score (nSPS) is 32.0. The topological polar surface area (TPSA) is 594 Å².